The molecule has 0 radical (unpaired) electrons. The summed E-state index contributed by atoms with van der Waals surface area (Å²) in [6.07, 6.45) is -0.781. The lowest BCUT2D eigenvalue weighted by Crippen LogP contribution is -2.55. The number of carbonyl (C=O) groups is 1. The number of hydrogen-bond acceptors (Lipinski definition) is 5. The quantitative estimate of drug-likeness (QED) is 0.629. The van der Waals surface area contributed by atoms with Gasteiger partial charge >= 0.3 is 6.03 Å². The van der Waals surface area contributed by atoms with E-state index in [2.05, 4.69) is 5.32 Å². The van der Waals surface area contributed by atoms with Crippen molar-refractivity contribution in [2.24, 2.45) is 0 Å². The number of aliphatic hydroxyl groups excluding tert-OH is 2. The van der Waals surface area contributed by atoms with Gasteiger partial charge in [-0.25, -0.2) is 4.79 Å². The molecule has 2 bridgehead atoms. The van der Waals surface area contributed by atoms with Gasteiger partial charge in [0.1, 0.15) is 17.8 Å². The second kappa shape index (κ2) is 4.17. The molecule has 0 saturated carbocycles. The van der Waals surface area contributed by atoms with Crippen LogP contribution in [0, 0.1) is 0 Å². The molecule has 2 fully saturated rings. The standard InChI is InChI=1S/C12H18N2O5/c1-3-12-5-18-7(8(12)15)10(19-12)14-4-6(2)9(16)13-11(14)17/h4,7-10,15-16H,3,5H2,1-2H3,(H,13,17)/t7-,8+,9?,10-,12+/m1/s1. The molecule has 7 heteroatoms. The SMILES string of the molecule is CC[C@@]12CO[C@@H]([C@H](N3C=C(C)C(O)NC3=O)O1)[C@@H]2O. The number of amides is 2. The van der Waals surface area contributed by atoms with Gasteiger partial charge < -0.3 is 25.0 Å². The highest BCUT2D eigenvalue weighted by Crippen LogP contribution is 2.43. The van der Waals surface area contributed by atoms with Crippen molar-refractivity contribution in [2.45, 2.75) is 50.5 Å². The third-order valence-corrected chi connectivity index (χ3v) is 4.15. The fourth-order valence-electron chi connectivity index (χ4n) is 2.82. The minimum Gasteiger partial charge on any atom is -0.387 e. The molecule has 3 rings (SSSR count). The zero-order valence-corrected chi connectivity index (χ0v) is 10.9. The van der Waals surface area contributed by atoms with Gasteiger partial charge in [-0.2, -0.15) is 0 Å². The maximum absolute atomic E-state index is 11.9. The van der Waals surface area contributed by atoms with Crippen molar-refractivity contribution in [2.75, 3.05) is 6.61 Å². The predicted molar refractivity (Wildman–Crippen MR) is 63.8 cm³/mol. The van der Waals surface area contributed by atoms with Crippen molar-refractivity contribution in [1.29, 1.82) is 0 Å². The zero-order valence-electron chi connectivity index (χ0n) is 10.9. The van der Waals surface area contributed by atoms with Crippen molar-refractivity contribution in [3.05, 3.63) is 11.8 Å². The van der Waals surface area contributed by atoms with Crippen LogP contribution < -0.4 is 5.32 Å². The van der Waals surface area contributed by atoms with E-state index >= 15 is 0 Å². The van der Waals surface area contributed by atoms with Crippen LogP contribution in [0.5, 0.6) is 0 Å². The molecule has 3 aliphatic rings. The largest absolute Gasteiger partial charge is 0.387 e. The van der Waals surface area contributed by atoms with Crippen molar-refractivity contribution < 1.29 is 24.5 Å². The summed E-state index contributed by atoms with van der Waals surface area (Å²) in [7, 11) is 0. The third-order valence-electron chi connectivity index (χ3n) is 4.15. The molecule has 2 saturated heterocycles. The first-order valence-corrected chi connectivity index (χ1v) is 6.41. The van der Waals surface area contributed by atoms with Crippen LogP contribution in [0.2, 0.25) is 0 Å². The zero-order chi connectivity index (χ0) is 13.8. The molecule has 3 heterocycles. The predicted octanol–water partition coefficient (Wildman–Crippen LogP) is -0.501. The normalized spacial score (nSPS) is 45.4. The highest BCUT2D eigenvalue weighted by Gasteiger charge is 2.62. The van der Waals surface area contributed by atoms with Crippen LogP contribution in [0.15, 0.2) is 11.8 Å². The number of aliphatic hydroxyl groups is 2. The van der Waals surface area contributed by atoms with Gasteiger partial charge in [-0.3, -0.25) is 4.90 Å². The number of ether oxygens (including phenoxy) is 2. The van der Waals surface area contributed by atoms with Crippen molar-refractivity contribution in [3.8, 4) is 0 Å². The first-order valence-electron chi connectivity index (χ1n) is 6.41. The third kappa shape index (κ3) is 1.69. The van der Waals surface area contributed by atoms with E-state index in [9.17, 15) is 15.0 Å². The van der Waals surface area contributed by atoms with Crippen molar-refractivity contribution in [1.82, 2.24) is 10.2 Å². The van der Waals surface area contributed by atoms with Crippen LogP contribution in [-0.4, -0.2) is 58.0 Å². The van der Waals surface area contributed by atoms with Gasteiger partial charge in [0, 0.05) is 6.20 Å². The Balaban J connectivity index is 1.87. The fourth-order valence-corrected chi connectivity index (χ4v) is 2.82. The highest BCUT2D eigenvalue weighted by molar-refractivity contribution is 5.77. The van der Waals surface area contributed by atoms with Gasteiger partial charge in [-0.15, -0.1) is 0 Å². The van der Waals surface area contributed by atoms with E-state index in [0.29, 0.717) is 18.6 Å². The molecule has 0 aromatic rings. The van der Waals surface area contributed by atoms with Gasteiger partial charge in [0.15, 0.2) is 12.5 Å². The Morgan fingerprint density at radius 3 is 2.95 bits per heavy atom. The molecular formula is C12H18N2O5. The highest BCUT2D eigenvalue weighted by atomic mass is 16.6. The fraction of sp³-hybridized carbons (Fsp3) is 0.750. The Bertz CT molecular complexity index is 440. The van der Waals surface area contributed by atoms with Gasteiger partial charge in [0.05, 0.1) is 6.61 Å². The molecule has 0 spiro atoms. The van der Waals surface area contributed by atoms with Crippen LogP contribution in [0.3, 0.4) is 0 Å². The molecule has 19 heavy (non-hydrogen) atoms. The van der Waals surface area contributed by atoms with Gasteiger partial charge in [0.25, 0.3) is 0 Å². The Kier molecular flexibility index (Phi) is 2.82. The molecule has 0 aromatic carbocycles. The van der Waals surface area contributed by atoms with E-state index in [4.69, 9.17) is 9.47 Å². The minimum absolute atomic E-state index is 0.340. The molecule has 3 aliphatic heterocycles. The van der Waals surface area contributed by atoms with Gasteiger partial charge in [-0.05, 0) is 18.9 Å². The number of urea groups is 1. The monoisotopic (exact) mass is 270 g/mol. The summed E-state index contributed by atoms with van der Waals surface area (Å²) in [5.41, 5.74) is -0.126. The number of fused-ring (bicyclic) bond motifs is 2. The summed E-state index contributed by atoms with van der Waals surface area (Å²) >= 11 is 0. The minimum atomic E-state index is -0.978. The van der Waals surface area contributed by atoms with Crippen molar-refractivity contribution in [3.63, 3.8) is 0 Å². The summed E-state index contributed by atoms with van der Waals surface area (Å²) in [5.74, 6) is 0. The van der Waals surface area contributed by atoms with Crippen LogP contribution in [0.4, 0.5) is 4.79 Å². The molecule has 2 amide bonds. The lowest BCUT2D eigenvalue weighted by Gasteiger charge is -2.37. The van der Waals surface area contributed by atoms with Crippen LogP contribution in [-0.2, 0) is 9.47 Å². The summed E-state index contributed by atoms with van der Waals surface area (Å²) in [6, 6.07) is -0.460. The Morgan fingerprint density at radius 1 is 1.58 bits per heavy atom. The average molecular weight is 270 g/mol. The van der Waals surface area contributed by atoms with E-state index in [-0.39, 0.29) is 0 Å². The Hall–Kier alpha value is -1.15. The summed E-state index contributed by atoms with van der Waals surface area (Å²) < 4.78 is 11.4. The number of carbonyl (C=O) groups excluding carboxylic acids is 1. The number of hydrogen-bond donors (Lipinski definition) is 3. The molecule has 0 aliphatic carbocycles. The molecular weight excluding hydrogens is 252 g/mol. The average Bonchev–Trinajstić information content (AvgIpc) is 2.85. The molecule has 106 valence electrons. The van der Waals surface area contributed by atoms with Crippen LogP contribution in [0.1, 0.15) is 20.3 Å². The van der Waals surface area contributed by atoms with Gasteiger partial charge in [-0.1, -0.05) is 6.92 Å². The smallest absolute Gasteiger partial charge is 0.325 e. The number of rotatable bonds is 2. The summed E-state index contributed by atoms with van der Waals surface area (Å²) in [4.78, 5) is 13.2. The topological polar surface area (TPSA) is 91.3 Å². The second-order valence-electron chi connectivity index (χ2n) is 5.28. The Labute approximate surface area is 110 Å². The van der Waals surface area contributed by atoms with Crippen LogP contribution in [0.25, 0.3) is 0 Å². The van der Waals surface area contributed by atoms with E-state index < -0.39 is 36.3 Å². The summed E-state index contributed by atoms with van der Waals surface area (Å²) in [5, 5.41) is 22.2. The van der Waals surface area contributed by atoms with Crippen LogP contribution >= 0.6 is 0 Å². The first-order chi connectivity index (χ1) is 8.98. The molecule has 7 nitrogen and oxygen atoms in total. The Morgan fingerprint density at radius 2 is 2.32 bits per heavy atom. The molecule has 1 unspecified atom stereocenters. The van der Waals surface area contributed by atoms with Gasteiger partial charge in [0.2, 0.25) is 0 Å². The molecule has 0 aromatic heterocycles. The molecule has 5 atom stereocenters. The maximum Gasteiger partial charge on any atom is 0.325 e. The summed E-state index contributed by atoms with van der Waals surface area (Å²) in [6.45, 7) is 3.96. The maximum atomic E-state index is 11.9. The van der Waals surface area contributed by atoms with E-state index in [1.54, 1.807) is 6.92 Å². The van der Waals surface area contributed by atoms with E-state index in [1.807, 2.05) is 6.92 Å². The lowest BCUT2D eigenvalue weighted by atomic mass is 9.96. The van der Waals surface area contributed by atoms with Crippen molar-refractivity contribution >= 4 is 6.03 Å². The number of nitrogens with one attached hydrogen (secondary N) is 1. The van der Waals surface area contributed by atoms with E-state index in [0.717, 1.165) is 0 Å². The lowest BCUT2D eigenvalue weighted by molar-refractivity contribution is -0.179. The molecule has 3 N–H and O–H groups in total. The first kappa shape index (κ1) is 12.9. The van der Waals surface area contributed by atoms with E-state index in [1.165, 1.54) is 11.1 Å². The number of nitrogens with zero attached hydrogens (tertiary/aromatic N) is 1. The second-order valence-corrected chi connectivity index (χ2v) is 5.28.